The second-order valence-electron chi connectivity index (χ2n) is 4.73. The molecule has 2 rings (SSSR count). The van der Waals surface area contributed by atoms with Crippen LogP contribution in [0.5, 0.6) is 5.75 Å². The fraction of sp³-hybridized carbons (Fsp3) is 0.538. The lowest BCUT2D eigenvalue weighted by atomic mass is 10.2. The number of nitrogens with one attached hydrogen (secondary N) is 1. The summed E-state index contributed by atoms with van der Waals surface area (Å²) in [6.07, 6.45) is 0.214. The molecule has 2 unspecified atom stereocenters. The highest BCUT2D eigenvalue weighted by molar-refractivity contribution is 7.57. The van der Waals surface area contributed by atoms with Gasteiger partial charge in [-0.25, -0.2) is 0 Å². The Labute approximate surface area is 113 Å². The summed E-state index contributed by atoms with van der Waals surface area (Å²) in [6.45, 7) is 2.06. The molecule has 2 N–H and O–H groups in total. The maximum Gasteiger partial charge on any atom is 0.207 e. The van der Waals surface area contributed by atoms with E-state index >= 15 is 0 Å². The number of morpholine rings is 1. The lowest BCUT2D eigenvalue weighted by Crippen LogP contribution is -2.40. The van der Waals surface area contributed by atoms with E-state index in [4.69, 9.17) is 9.47 Å². The Bertz CT molecular complexity index is 442. The molecule has 5 nitrogen and oxygen atoms in total. The molecule has 0 spiro atoms. The third kappa shape index (κ3) is 4.62. The van der Waals surface area contributed by atoms with Crippen LogP contribution in [0, 0.1) is 0 Å². The Morgan fingerprint density at radius 3 is 2.79 bits per heavy atom. The van der Waals surface area contributed by atoms with E-state index in [2.05, 4.69) is 5.32 Å². The van der Waals surface area contributed by atoms with Crippen LogP contribution in [0.15, 0.2) is 24.3 Å². The number of ether oxygens (including phenoxy) is 2. The van der Waals surface area contributed by atoms with Crippen molar-refractivity contribution in [2.24, 2.45) is 0 Å². The van der Waals surface area contributed by atoms with Crippen LogP contribution in [0.25, 0.3) is 0 Å². The minimum atomic E-state index is -3.21. The Kier molecular flexibility index (Phi) is 4.99. The first kappa shape index (κ1) is 14.5. The van der Waals surface area contributed by atoms with Gasteiger partial charge in [-0.1, -0.05) is 12.1 Å². The minimum absolute atomic E-state index is 0.164. The molecule has 1 aliphatic heterocycles. The summed E-state index contributed by atoms with van der Waals surface area (Å²) in [4.78, 5) is 10.1. The van der Waals surface area contributed by atoms with Crippen molar-refractivity contribution in [3.63, 3.8) is 0 Å². The zero-order valence-electron chi connectivity index (χ0n) is 11.0. The Hall–Kier alpha value is -0.870. The quantitative estimate of drug-likeness (QED) is 0.802. The molecule has 1 aromatic carbocycles. The van der Waals surface area contributed by atoms with Gasteiger partial charge >= 0.3 is 0 Å². The van der Waals surface area contributed by atoms with Crippen LogP contribution >= 0.6 is 7.37 Å². The lowest BCUT2D eigenvalue weighted by molar-refractivity contribution is 0.0417. The molecule has 1 fully saturated rings. The molecule has 0 radical (unpaired) electrons. The van der Waals surface area contributed by atoms with Crippen LogP contribution in [0.1, 0.15) is 5.56 Å². The molecule has 1 heterocycles. The second kappa shape index (κ2) is 6.53. The van der Waals surface area contributed by atoms with E-state index in [9.17, 15) is 9.46 Å². The van der Waals surface area contributed by atoms with Gasteiger partial charge in [0.05, 0.1) is 26.0 Å². The van der Waals surface area contributed by atoms with Crippen molar-refractivity contribution in [2.45, 2.75) is 12.3 Å². The smallest absolute Gasteiger partial charge is 0.207 e. The number of benzene rings is 1. The summed E-state index contributed by atoms with van der Waals surface area (Å²) < 4.78 is 22.8. The van der Waals surface area contributed by atoms with E-state index < -0.39 is 7.37 Å². The fourth-order valence-electron chi connectivity index (χ4n) is 2.14. The zero-order valence-corrected chi connectivity index (χ0v) is 11.9. The van der Waals surface area contributed by atoms with Crippen molar-refractivity contribution in [2.75, 3.05) is 33.0 Å². The molecule has 0 saturated carbocycles. The number of rotatable bonds is 5. The van der Waals surface area contributed by atoms with E-state index in [1.807, 2.05) is 12.1 Å². The summed E-state index contributed by atoms with van der Waals surface area (Å²) >= 11 is 0. The zero-order chi connectivity index (χ0) is 13.7. The highest BCUT2D eigenvalue weighted by atomic mass is 31.2. The predicted octanol–water partition coefficient (Wildman–Crippen LogP) is 1.45. The first-order valence-electron chi connectivity index (χ1n) is 6.35. The fourth-order valence-corrected chi connectivity index (χ4v) is 3.92. The SMILES string of the molecule is COc1ccc(CP(=O)(O)CC2CNCCO2)cc1. The lowest BCUT2D eigenvalue weighted by Gasteiger charge is -2.25. The molecule has 1 aromatic rings. The van der Waals surface area contributed by atoms with Gasteiger partial charge in [-0.15, -0.1) is 0 Å². The molecule has 0 bridgehead atoms. The maximum absolute atomic E-state index is 12.2. The molecular weight excluding hydrogens is 265 g/mol. The van der Waals surface area contributed by atoms with Gasteiger partial charge in [-0.05, 0) is 17.7 Å². The van der Waals surface area contributed by atoms with Crippen LogP contribution in [-0.2, 0) is 15.5 Å². The third-order valence-corrected chi connectivity index (χ3v) is 4.92. The van der Waals surface area contributed by atoms with Crippen molar-refractivity contribution in [3.05, 3.63) is 29.8 Å². The molecule has 2 atom stereocenters. The first-order chi connectivity index (χ1) is 9.09. The van der Waals surface area contributed by atoms with E-state index in [0.717, 1.165) is 17.9 Å². The van der Waals surface area contributed by atoms with Crippen molar-refractivity contribution in [3.8, 4) is 5.75 Å². The number of methoxy groups -OCH3 is 1. The summed E-state index contributed by atoms with van der Waals surface area (Å²) in [6, 6.07) is 7.24. The molecule has 1 aliphatic rings. The highest BCUT2D eigenvalue weighted by Gasteiger charge is 2.26. The summed E-state index contributed by atoms with van der Waals surface area (Å²) in [5.74, 6) is 0.747. The van der Waals surface area contributed by atoms with E-state index in [1.54, 1.807) is 19.2 Å². The first-order valence-corrected chi connectivity index (χ1v) is 8.38. The topological polar surface area (TPSA) is 67.8 Å². The minimum Gasteiger partial charge on any atom is -0.497 e. The molecule has 6 heteroatoms. The molecule has 0 aliphatic carbocycles. The van der Waals surface area contributed by atoms with Gasteiger partial charge in [0.1, 0.15) is 5.75 Å². The Morgan fingerprint density at radius 1 is 1.47 bits per heavy atom. The van der Waals surface area contributed by atoms with Crippen molar-refractivity contribution >= 4 is 7.37 Å². The van der Waals surface area contributed by atoms with Crippen LogP contribution in [0.3, 0.4) is 0 Å². The van der Waals surface area contributed by atoms with Crippen LogP contribution in [0.2, 0.25) is 0 Å². The average molecular weight is 285 g/mol. The van der Waals surface area contributed by atoms with E-state index in [-0.39, 0.29) is 18.4 Å². The molecular formula is C13H20NO4P. The van der Waals surface area contributed by atoms with Crippen LogP contribution in [0.4, 0.5) is 0 Å². The van der Waals surface area contributed by atoms with Crippen LogP contribution < -0.4 is 10.1 Å². The standard InChI is InChI=1S/C13H20NO4P/c1-17-12-4-2-11(3-5-12)9-19(15,16)10-13-8-14-6-7-18-13/h2-5,13-14H,6-10H2,1H3,(H,15,16). The summed E-state index contributed by atoms with van der Waals surface area (Å²) in [7, 11) is -1.62. The average Bonchev–Trinajstić information content (AvgIpc) is 2.39. The van der Waals surface area contributed by atoms with Gasteiger partial charge in [-0.2, -0.15) is 0 Å². The Morgan fingerprint density at radius 2 is 2.21 bits per heavy atom. The molecule has 0 amide bonds. The van der Waals surface area contributed by atoms with Gasteiger partial charge < -0.3 is 19.7 Å². The number of hydrogen-bond acceptors (Lipinski definition) is 4. The van der Waals surface area contributed by atoms with Crippen LogP contribution in [-0.4, -0.2) is 44.0 Å². The number of hydrogen-bond donors (Lipinski definition) is 2. The normalized spacial score (nSPS) is 22.7. The Balaban J connectivity index is 1.93. The van der Waals surface area contributed by atoms with Gasteiger partial charge in [0, 0.05) is 19.3 Å². The van der Waals surface area contributed by atoms with Gasteiger partial charge in [0.25, 0.3) is 0 Å². The second-order valence-corrected chi connectivity index (χ2v) is 7.11. The predicted molar refractivity (Wildman–Crippen MR) is 74.0 cm³/mol. The maximum atomic E-state index is 12.2. The van der Waals surface area contributed by atoms with Gasteiger partial charge in [-0.3, -0.25) is 4.57 Å². The van der Waals surface area contributed by atoms with Gasteiger partial charge in [0.2, 0.25) is 7.37 Å². The third-order valence-electron chi connectivity index (χ3n) is 3.08. The highest BCUT2D eigenvalue weighted by Crippen LogP contribution is 2.45. The molecule has 19 heavy (non-hydrogen) atoms. The molecule has 106 valence electrons. The monoisotopic (exact) mass is 285 g/mol. The van der Waals surface area contributed by atoms with E-state index in [1.165, 1.54) is 0 Å². The summed E-state index contributed by atoms with van der Waals surface area (Å²) in [5.41, 5.74) is 0.843. The van der Waals surface area contributed by atoms with Crippen molar-refractivity contribution in [1.82, 2.24) is 5.32 Å². The summed E-state index contributed by atoms with van der Waals surface area (Å²) in [5, 5.41) is 3.16. The van der Waals surface area contributed by atoms with Crippen molar-refractivity contribution in [1.29, 1.82) is 0 Å². The van der Waals surface area contributed by atoms with E-state index in [0.29, 0.717) is 13.2 Å². The van der Waals surface area contributed by atoms with Crippen molar-refractivity contribution < 1.29 is 18.9 Å². The largest absolute Gasteiger partial charge is 0.497 e. The molecule has 0 aromatic heterocycles. The van der Waals surface area contributed by atoms with Gasteiger partial charge in [0.15, 0.2) is 0 Å². The molecule has 1 saturated heterocycles.